The largest absolute Gasteiger partial charge is 0.394 e. The molecule has 1 saturated carbocycles. The van der Waals surface area contributed by atoms with Crippen molar-refractivity contribution in [2.24, 2.45) is 5.92 Å². The van der Waals surface area contributed by atoms with Crippen LogP contribution in [0, 0.1) is 5.92 Å². The number of amides is 1. The van der Waals surface area contributed by atoms with Gasteiger partial charge in [0.2, 0.25) is 5.91 Å². The molecule has 0 aromatic rings. The first-order valence-electron chi connectivity index (χ1n) is 7.25. The zero-order valence-corrected chi connectivity index (χ0v) is 11.3. The van der Waals surface area contributed by atoms with Gasteiger partial charge in [0, 0.05) is 6.61 Å². The number of aliphatic hydroxyl groups is 1. The standard InChI is InChI=1S/C14H25NO3/c1-2-12-11(6-9-18-12)13(17)15-14(10-16)7-4-3-5-8-14/h11-12,16H,2-10H2,1H3,(H,15,17). The Kier molecular flexibility index (Phi) is 4.62. The van der Waals surface area contributed by atoms with Crippen LogP contribution in [0.15, 0.2) is 0 Å². The Balaban J connectivity index is 1.96. The van der Waals surface area contributed by atoms with Gasteiger partial charge in [0.1, 0.15) is 0 Å². The maximum absolute atomic E-state index is 12.3. The van der Waals surface area contributed by atoms with Gasteiger partial charge in [-0.05, 0) is 25.7 Å². The van der Waals surface area contributed by atoms with E-state index in [1.54, 1.807) is 0 Å². The minimum Gasteiger partial charge on any atom is -0.394 e. The highest BCUT2D eigenvalue weighted by atomic mass is 16.5. The van der Waals surface area contributed by atoms with E-state index < -0.39 is 0 Å². The molecule has 2 N–H and O–H groups in total. The molecular formula is C14H25NO3. The summed E-state index contributed by atoms with van der Waals surface area (Å²) in [7, 11) is 0. The highest BCUT2D eigenvalue weighted by molar-refractivity contribution is 5.80. The highest BCUT2D eigenvalue weighted by Crippen LogP contribution is 2.30. The average Bonchev–Trinajstić information content (AvgIpc) is 2.88. The highest BCUT2D eigenvalue weighted by Gasteiger charge is 2.38. The van der Waals surface area contributed by atoms with Gasteiger partial charge in [0.05, 0.1) is 24.2 Å². The van der Waals surface area contributed by atoms with Gasteiger partial charge in [-0.2, -0.15) is 0 Å². The van der Waals surface area contributed by atoms with Crippen molar-refractivity contribution < 1.29 is 14.6 Å². The molecule has 4 nitrogen and oxygen atoms in total. The lowest BCUT2D eigenvalue weighted by atomic mass is 9.81. The predicted octanol–water partition coefficient (Wildman–Crippen LogP) is 1.61. The number of aliphatic hydroxyl groups excluding tert-OH is 1. The van der Waals surface area contributed by atoms with Crippen molar-refractivity contribution in [3.63, 3.8) is 0 Å². The van der Waals surface area contributed by atoms with Crippen molar-refractivity contribution in [3.8, 4) is 0 Å². The van der Waals surface area contributed by atoms with Crippen LogP contribution >= 0.6 is 0 Å². The molecule has 2 rings (SSSR count). The minimum absolute atomic E-state index is 0.0275. The summed E-state index contributed by atoms with van der Waals surface area (Å²) in [6.07, 6.45) is 6.96. The summed E-state index contributed by atoms with van der Waals surface area (Å²) in [5, 5.41) is 12.7. The molecule has 18 heavy (non-hydrogen) atoms. The SMILES string of the molecule is CCC1OCCC1C(=O)NC1(CO)CCCCC1. The van der Waals surface area contributed by atoms with Gasteiger partial charge >= 0.3 is 0 Å². The Morgan fingerprint density at radius 2 is 2.11 bits per heavy atom. The second kappa shape index (κ2) is 6.02. The monoisotopic (exact) mass is 255 g/mol. The molecule has 0 aromatic heterocycles. The van der Waals surface area contributed by atoms with Crippen LogP contribution in [0.1, 0.15) is 51.9 Å². The van der Waals surface area contributed by atoms with Crippen molar-refractivity contribution in [3.05, 3.63) is 0 Å². The van der Waals surface area contributed by atoms with Gasteiger partial charge in [-0.3, -0.25) is 4.79 Å². The summed E-state index contributed by atoms with van der Waals surface area (Å²) in [6.45, 7) is 2.80. The van der Waals surface area contributed by atoms with Gasteiger partial charge in [-0.15, -0.1) is 0 Å². The number of hydrogen-bond donors (Lipinski definition) is 2. The van der Waals surface area contributed by atoms with E-state index >= 15 is 0 Å². The first kappa shape index (κ1) is 13.8. The summed E-state index contributed by atoms with van der Waals surface area (Å²) in [5.74, 6) is 0.0515. The second-order valence-electron chi connectivity index (χ2n) is 5.70. The van der Waals surface area contributed by atoms with Crippen molar-refractivity contribution in [2.75, 3.05) is 13.2 Å². The third-order valence-electron chi connectivity index (χ3n) is 4.45. The Bertz CT molecular complexity index is 287. The summed E-state index contributed by atoms with van der Waals surface area (Å²) < 4.78 is 5.57. The van der Waals surface area contributed by atoms with E-state index in [1.165, 1.54) is 6.42 Å². The topological polar surface area (TPSA) is 58.6 Å². The minimum atomic E-state index is -0.365. The van der Waals surface area contributed by atoms with Crippen LogP contribution in [-0.2, 0) is 9.53 Å². The number of carbonyl (C=O) groups is 1. The van der Waals surface area contributed by atoms with Gasteiger partial charge in [0.25, 0.3) is 0 Å². The van der Waals surface area contributed by atoms with E-state index in [2.05, 4.69) is 12.2 Å². The summed E-state index contributed by atoms with van der Waals surface area (Å²) in [4.78, 5) is 12.3. The molecule has 1 aliphatic carbocycles. The Morgan fingerprint density at radius 1 is 1.39 bits per heavy atom. The maximum atomic E-state index is 12.3. The lowest BCUT2D eigenvalue weighted by Gasteiger charge is -2.37. The fourth-order valence-corrected chi connectivity index (χ4v) is 3.26. The third-order valence-corrected chi connectivity index (χ3v) is 4.45. The summed E-state index contributed by atoms with van der Waals surface area (Å²) >= 11 is 0. The molecule has 1 amide bonds. The summed E-state index contributed by atoms with van der Waals surface area (Å²) in [5.41, 5.74) is -0.365. The first-order chi connectivity index (χ1) is 8.71. The summed E-state index contributed by atoms with van der Waals surface area (Å²) in [6, 6.07) is 0. The molecule has 2 atom stereocenters. The van der Waals surface area contributed by atoms with Crippen molar-refractivity contribution in [1.82, 2.24) is 5.32 Å². The number of carbonyl (C=O) groups excluding carboxylic acids is 1. The van der Waals surface area contributed by atoms with Crippen molar-refractivity contribution in [2.45, 2.75) is 63.5 Å². The zero-order valence-electron chi connectivity index (χ0n) is 11.3. The van der Waals surface area contributed by atoms with E-state index in [-0.39, 0.29) is 30.1 Å². The van der Waals surface area contributed by atoms with Crippen LogP contribution in [-0.4, -0.2) is 35.9 Å². The third kappa shape index (κ3) is 2.86. The average molecular weight is 255 g/mol. The lowest BCUT2D eigenvalue weighted by molar-refractivity contribution is -0.129. The molecule has 0 aromatic carbocycles. The molecule has 0 spiro atoms. The number of hydrogen-bond acceptors (Lipinski definition) is 3. The lowest BCUT2D eigenvalue weighted by Crippen LogP contribution is -2.54. The normalized spacial score (nSPS) is 31.2. The molecule has 104 valence electrons. The van der Waals surface area contributed by atoms with Crippen LogP contribution in [0.2, 0.25) is 0 Å². The van der Waals surface area contributed by atoms with Crippen LogP contribution in [0.3, 0.4) is 0 Å². The second-order valence-corrected chi connectivity index (χ2v) is 5.70. The van der Waals surface area contributed by atoms with Gasteiger partial charge < -0.3 is 15.2 Å². The molecule has 2 unspecified atom stereocenters. The molecule has 1 aliphatic heterocycles. The van der Waals surface area contributed by atoms with Gasteiger partial charge in [0.15, 0.2) is 0 Å². The molecule has 2 fully saturated rings. The number of ether oxygens (including phenoxy) is 1. The van der Waals surface area contributed by atoms with Crippen molar-refractivity contribution in [1.29, 1.82) is 0 Å². The maximum Gasteiger partial charge on any atom is 0.226 e. The van der Waals surface area contributed by atoms with E-state index in [4.69, 9.17) is 4.74 Å². The Morgan fingerprint density at radius 3 is 2.72 bits per heavy atom. The quantitative estimate of drug-likeness (QED) is 0.802. The molecule has 4 heteroatoms. The molecule has 1 heterocycles. The molecule has 1 saturated heterocycles. The van der Waals surface area contributed by atoms with Gasteiger partial charge in [-0.25, -0.2) is 0 Å². The fourth-order valence-electron chi connectivity index (χ4n) is 3.26. The molecule has 0 radical (unpaired) electrons. The number of rotatable bonds is 4. The molecular weight excluding hydrogens is 230 g/mol. The van der Waals surface area contributed by atoms with Crippen LogP contribution in [0.25, 0.3) is 0 Å². The predicted molar refractivity (Wildman–Crippen MR) is 69.2 cm³/mol. The van der Waals surface area contributed by atoms with Crippen LogP contribution in [0.5, 0.6) is 0 Å². The Hall–Kier alpha value is -0.610. The fraction of sp³-hybridized carbons (Fsp3) is 0.929. The molecule has 2 aliphatic rings. The number of nitrogens with one attached hydrogen (secondary N) is 1. The van der Waals surface area contributed by atoms with Gasteiger partial charge in [-0.1, -0.05) is 26.2 Å². The van der Waals surface area contributed by atoms with Crippen LogP contribution < -0.4 is 5.32 Å². The Labute approximate surface area is 109 Å². The van der Waals surface area contributed by atoms with E-state index in [0.717, 1.165) is 38.5 Å². The first-order valence-corrected chi connectivity index (χ1v) is 7.25. The van der Waals surface area contributed by atoms with Crippen molar-refractivity contribution >= 4 is 5.91 Å². The molecule has 0 bridgehead atoms. The van der Waals surface area contributed by atoms with Crippen LogP contribution in [0.4, 0.5) is 0 Å². The van der Waals surface area contributed by atoms with E-state index in [1.807, 2.05) is 0 Å². The van der Waals surface area contributed by atoms with E-state index in [0.29, 0.717) is 6.61 Å². The zero-order chi connectivity index (χ0) is 13.0. The van der Waals surface area contributed by atoms with E-state index in [9.17, 15) is 9.90 Å². The smallest absolute Gasteiger partial charge is 0.226 e.